The molecule has 0 radical (unpaired) electrons. The number of benzene rings is 2. The normalized spacial score (nSPS) is 17.0. The Balaban J connectivity index is 1.18. The Hall–Kier alpha value is -4.20. The van der Waals surface area contributed by atoms with E-state index in [1.807, 2.05) is 66.7 Å². The second-order valence-corrected chi connectivity index (χ2v) is 8.91. The number of carbonyl (C=O) groups excluding carboxylic acids is 3. The molecule has 1 fully saturated rings. The molecule has 2 aromatic carbocycles. The number of aromatic nitrogens is 1. The third kappa shape index (κ3) is 7.15. The lowest BCUT2D eigenvalue weighted by Gasteiger charge is -2.28. The highest BCUT2D eigenvalue weighted by atomic mass is 16.2. The summed E-state index contributed by atoms with van der Waals surface area (Å²) in [6.45, 7) is 0.326. The molecule has 0 bridgehead atoms. The molecule has 1 heterocycles. The number of anilines is 1. The lowest BCUT2D eigenvalue weighted by Crippen LogP contribution is -2.45. The van der Waals surface area contributed by atoms with Crippen molar-refractivity contribution in [1.29, 1.82) is 0 Å². The number of nitrogens with one attached hydrogen (secondary N) is 4. The quantitative estimate of drug-likeness (QED) is 0.388. The van der Waals surface area contributed by atoms with E-state index in [2.05, 4.69) is 26.3 Å². The van der Waals surface area contributed by atoms with E-state index in [1.54, 1.807) is 12.4 Å². The molecular formula is C28H31N5O3. The average molecular weight is 486 g/mol. The van der Waals surface area contributed by atoms with Crippen LogP contribution in [0.1, 0.15) is 31.2 Å². The fraction of sp³-hybridized carbons (Fsp3) is 0.286. The first-order chi connectivity index (χ1) is 17.6. The number of nitrogens with zero attached hydrogens (tertiary/aromatic N) is 1. The summed E-state index contributed by atoms with van der Waals surface area (Å²) < 4.78 is 0. The van der Waals surface area contributed by atoms with Crippen LogP contribution in [0.5, 0.6) is 0 Å². The number of para-hydroxylation sites is 1. The van der Waals surface area contributed by atoms with Crippen LogP contribution in [0.15, 0.2) is 79.1 Å². The Bertz CT molecular complexity index is 1160. The van der Waals surface area contributed by atoms with Crippen LogP contribution in [0.25, 0.3) is 11.1 Å². The Morgan fingerprint density at radius 1 is 0.833 bits per heavy atom. The van der Waals surface area contributed by atoms with Crippen molar-refractivity contribution in [3.8, 4) is 11.1 Å². The number of hydrogen-bond acceptors (Lipinski definition) is 4. The highest BCUT2D eigenvalue weighted by Crippen LogP contribution is 2.27. The third-order valence-electron chi connectivity index (χ3n) is 6.32. The standard InChI is InChI=1S/C28H31N5O3/c34-26(33-25-11-5-4-10-24(25)21-8-2-1-3-9-21)19-30-27(35)22-12-14-23(15-13-22)32-28(36)31-18-20-7-6-16-29-17-20/h1-11,16-17,22-23H,12-15,18-19H2,(H,30,35)(H,33,34)(H2,31,32,36)/t22-,23-. The first kappa shape index (κ1) is 24.9. The molecule has 0 saturated heterocycles. The first-order valence-electron chi connectivity index (χ1n) is 12.2. The zero-order valence-electron chi connectivity index (χ0n) is 20.1. The first-order valence-corrected chi connectivity index (χ1v) is 12.2. The Morgan fingerprint density at radius 3 is 2.33 bits per heavy atom. The van der Waals surface area contributed by atoms with Crippen LogP contribution in [0, 0.1) is 5.92 Å². The van der Waals surface area contributed by atoms with Crippen molar-refractivity contribution in [2.45, 2.75) is 38.3 Å². The number of hydrogen-bond donors (Lipinski definition) is 4. The summed E-state index contributed by atoms with van der Waals surface area (Å²) in [4.78, 5) is 41.4. The molecule has 36 heavy (non-hydrogen) atoms. The minimum atomic E-state index is -0.271. The van der Waals surface area contributed by atoms with Gasteiger partial charge in [-0.15, -0.1) is 0 Å². The monoisotopic (exact) mass is 485 g/mol. The largest absolute Gasteiger partial charge is 0.347 e. The van der Waals surface area contributed by atoms with E-state index in [0.29, 0.717) is 25.1 Å². The van der Waals surface area contributed by atoms with E-state index < -0.39 is 0 Å². The fourth-order valence-corrected chi connectivity index (χ4v) is 4.39. The Morgan fingerprint density at radius 2 is 1.58 bits per heavy atom. The van der Waals surface area contributed by atoms with Crippen molar-refractivity contribution in [3.63, 3.8) is 0 Å². The Labute approximate surface area is 210 Å². The van der Waals surface area contributed by atoms with Gasteiger partial charge in [0.15, 0.2) is 0 Å². The second kappa shape index (κ2) is 12.5. The van der Waals surface area contributed by atoms with Crippen molar-refractivity contribution in [2.24, 2.45) is 5.92 Å². The molecule has 0 atom stereocenters. The van der Waals surface area contributed by atoms with Gasteiger partial charge in [0, 0.05) is 42.1 Å². The number of pyridine rings is 1. The predicted molar refractivity (Wildman–Crippen MR) is 139 cm³/mol. The van der Waals surface area contributed by atoms with Gasteiger partial charge >= 0.3 is 6.03 Å². The van der Waals surface area contributed by atoms with Crippen LogP contribution < -0.4 is 21.3 Å². The molecule has 3 aromatic rings. The molecule has 4 rings (SSSR count). The minimum absolute atomic E-state index is 0.0285. The predicted octanol–water partition coefficient (Wildman–Crippen LogP) is 3.86. The van der Waals surface area contributed by atoms with E-state index in [9.17, 15) is 14.4 Å². The van der Waals surface area contributed by atoms with Crippen molar-refractivity contribution in [1.82, 2.24) is 20.9 Å². The fourth-order valence-electron chi connectivity index (χ4n) is 4.39. The summed E-state index contributed by atoms with van der Waals surface area (Å²) >= 11 is 0. The molecule has 4 N–H and O–H groups in total. The summed E-state index contributed by atoms with van der Waals surface area (Å²) in [5.41, 5.74) is 3.57. The van der Waals surface area contributed by atoms with Gasteiger partial charge in [-0.1, -0.05) is 54.6 Å². The van der Waals surface area contributed by atoms with Gasteiger partial charge in [-0.3, -0.25) is 14.6 Å². The van der Waals surface area contributed by atoms with Crippen LogP contribution in [0.2, 0.25) is 0 Å². The third-order valence-corrected chi connectivity index (χ3v) is 6.32. The van der Waals surface area contributed by atoms with Gasteiger partial charge in [0.2, 0.25) is 11.8 Å². The lowest BCUT2D eigenvalue weighted by atomic mass is 9.85. The van der Waals surface area contributed by atoms with Crippen molar-refractivity contribution in [2.75, 3.05) is 11.9 Å². The number of rotatable bonds is 8. The molecule has 0 aliphatic heterocycles. The molecule has 4 amide bonds. The van der Waals surface area contributed by atoms with Gasteiger partial charge in [0.05, 0.1) is 6.54 Å². The van der Waals surface area contributed by atoms with Crippen LogP contribution >= 0.6 is 0 Å². The molecule has 0 spiro atoms. The summed E-state index contributed by atoms with van der Waals surface area (Å²) in [6, 6.07) is 21.0. The van der Waals surface area contributed by atoms with Gasteiger partial charge in [0.25, 0.3) is 0 Å². The molecule has 1 aliphatic carbocycles. The van der Waals surface area contributed by atoms with Gasteiger partial charge in [-0.2, -0.15) is 0 Å². The van der Waals surface area contributed by atoms with E-state index in [0.717, 1.165) is 29.5 Å². The van der Waals surface area contributed by atoms with Gasteiger partial charge in [-0.05, 0) is 48.9 Å². The molecule has 186 valence electrons. The highest BCUT2D eigenvalue weighted by molar-refractivity contribution is 5.98. The molecule has 8 nitrogen and oxygen atoms in total. The number of amides is 4. The average Bonchev–Trinajstić information content (AvgIpc) is 2.92. The van der Waals surface area contributed by atoms with Gasteiger partial charge < -0.3 is 21.3 Å². The molecule has 1 aliphatic rings. The molecule has 0 unspecified atom stereocenters. The van der Waals surface area contributed by atoms with E-state index in [1.165, 1.54) is 0 Å². The molecule has 1 saturated carbocycles. The van der Waals surface area contributed by atoms with Crippen LogP contribution in [0.4, 0.5) is 10.5 Å². The molecule has 1 aromatic heterocycles. The van der Waals surface area contributed by atoms with Gasteiger partial charge in [-0.25, -0.2) is 4.79 Å². The topological polar surface area (TPSA) is 112 Å². The maximum absolute atomic E-state index is 12.6. The van der Waals surface area contributed by atoms with Crippen molar-refractivity contribution in [3.05, 3.63) is 84.7 Å². The van der Waals surface area contributed by atoms with E-state index in [-0.39, 0.29) is 36.3 Å². The SMILES string of the molecule is O=C(CNC(=O)[C@H]1CC[C@H](NC(=O)NCc2cccnc2)CC1)Nc1ccccc1-c1ccccc1. The maximum atomic E-state index is 12.6. The summed E-state index contributed by atoms with van der Waals surface area (Å²) in [7, 11) is 0. The van der Waals surface area contributed by atoms with Crippen LogP contribution in [-0.2, 0) is 16.1 Å². The minimum Gasteiger partial charge on any atom is -0.347 e. The van der Waals surface area contributed by atoms with Crippen molar-refractivity contribution < 1.29 is 14.4 Å². The summed E-state index contributed by atoms with van der Waals surface area (Å²) in [5, 5.41) is 11.5. The zero-order chi connectivity index (χ0) is 25.2. The smallest absolute Gasteiger partial charge is 0.315 e. The summed E-state index contributed by atoms with van der Waals surface area (Å²) in [5.74, 6) is -0.556. The summed E-state index contributed by atoms with van der Waals surface area (Å²) in [6.07, 6.45) is 6.17. The number of urea groups is 1. The second-order valence-electron chi connectivity index (χ2n) is 8.91. The highest BCUT2D eigenvalue weighted by Gasteiger charge is 2.27. The van der Waals surface area contributed by atoms with Crippen molar-refractivity contribution >= 4 is 23.5 Å². The Kier molecular flexibility index (Phi) is 8.64. The molecule has 8 heteroatoms. The zero-order valence-corrected chi connectivity index (χ0v) is 20.1. The van der Waals surface area contributed by atoms with Gasteiger partial charge in [0.1, 0.15) is 0 Å². The van der Waals surface area contributed by atoms with Crippen LogP contribution in [0.3, 0.4) is 0 Å². The number of carbonyl (C=O) groups is 3. The van der Waals surface area contributed by atoms with Crippen LogP contribution in [-0.4, -0.2) is 35.4 Å². The van der Waals surface area contributed by atoms with E-state index in [4.69, 9.17) is 0 Å². The van der Waals surface area contributed by atoms with E-state index >= 15 is 0 Å². The maximum Gasteiger partial charge on any atom is 0.315 e. The lowest BCUT2D eigenvalue weighted by molar-refractivity contribution is -0.128. The molecular weight excluding hydrogens is 454 g/mol.